The largest absolute Gasteiger partial charge is 0.484 e. The minimum atomic E-state index is -0.661. The zero-order valence-corrected chi connectivity index (χ0v) is 14.9. The van der Waals surface area contributed by atoms with Gasteiger partial charge in [0.2, 0.25) is 0 Å². The van der Waals surface area contributed by atoms with E-state index in [1.807, 2.05) is 25.1 Å². The van der Waals surface area contributed by atoms with Crippen LogP contribution >= 0.6 is 0 Å². The molecule has 0 aliphatic heterocycles. The lowest BCUT2D eigenvalue weighted by Crippen LogP contribution is -2.21. The van der Waals surface area contributed by atoms with Crippen LogP contribution in [-0.4, -0.2) is 18.3 Å². The Bertz CT molecular complexity index is 800. The summed E-state index contributed by atoms with van der Waals surface area (Å²) in [4.78, 5) is 23.4. The Hall–Kier alpha value is -2.69. The zero-order chi connectivity index (χ0) is 18.6. The second kappa shape index (κ2) is 7.92. The average molecular weight is 343 g/mol. The third kappa shape index (κ3) is 4.66. The molecule has 132 valence electrons. The van der Waals surface area contributed by atoms with Crippen LogP contribution in [0.3, 0.4) is 0 Å². The Morgan fingerprint density at radius 1 is 1.20 bits per heavy atom. The minimum Gasteiger partial charge on any atom is -0.484 e. The molecule has 2 aromatic rings. The number of amides is 1. The highest BCUT2D eigenvalue weighted by atomic mass is 19.1. The summed E-state index contributed by atoms with van der Waals surface area (Å²) in [5.74, 6) is -0.878. The number of nitrogens with one attached hydrogen (secondary N) is 1. The molecule has 1 N–H and O–H groups in total. The molecule has 0 atom stereocenters. The Morgan fingerprint density at radius 2 is 1.92 bits per heavy atom. The molecule has 0 aromatic heterocycles. The monoisotopic (exact) mass is 343 g/mol. The van der Waals surface area contributed by atoms with Crippen molar-refractivity contribution in [2.24, 2.45) is 0 Å². The fraction of sp³-hybridized carbons (Fsp3) is 0.300. The Morgan fingerprint density at radius 3 is 2.52 bits per heavy atom. The van der Waals surface area contributed by atoms with E-state index in [0.29, 0.717) is 0 Å². The third-order valence-corrected chi connectivity index (χ3v) is 3.88. The van der Waals surface area contributed by atoms with E-state index in [1.165, 1.54) is 19.1 Å². The number of benzene rings is 2. The van der Waals surface area contributed by atoms with Crippen LogP contribution in [0, 0.1) is 12.7 Å². The van der Waals surface area contributed by atoms with Crippen LogP contribution in [0.4, 0.5) is 10.1 Å². The minimum absolute atomic E-state index is 0.00159. The van der Waals surface area contributed by atoms with Crippen LogP contribution in [0.25, 0.3) is 0 Å². The standard InChI is InChI=1S/C20H22FNO3/c1-12(2)16-7-5-6-13(3)20(16)22-19(24)11-25-15-8-9-17(14(4)23)18(21)10-15/h5-10,12H,11H2,1-4H3,(H,22,24). The molecule has 0 heterocycles. The van der Waals surface area contributed by atoms with E-state index in [4.69, 9.17) is 4.74 Å². The molecule has 4 nitrogen and oxygen atoms in total. The predicted octanol–water partition coefficient (Wildman–Crippen LogP) is 4.48. The van der Waals surface area contributed by atoms with Crippen LogP contribution in [0.1, 0.15) is 48.2 Å². The molecule has 25 heavy (non-hydrogen) atoms. The van der Waals surface area contributed by atoms with E-state index in [2.05, 4.69) is 19.2 Å². The zero-order valence-electron chi connectivity index (χ0n) is 14.9. The van der Waals surface area contributed by atoms with Gasteiger partial charge in [-0.2, -0.15) is 0 Å². The van der Waals surface area contributed by atoms with Gasteiger partial charge < -0.3 is 10.1 Å². The van der Waals surface area contributed by atoms with Crippen LogP contribution < -0.4 is 10.1 Å². The second-order valence-electron chi connectivity index (χ2n) is 6.23. The SMILES string of the molecule is CC(=O)c1ccc(OCC(=O)Nc2c(C)cccc2C(C)C)cc1F. The summed E-state index contributed by atoms with van der Waals surface area (Å²) >= 11 is 0. The van der Waals surface area contributed by atoms with Gasteiger partial charge in [0.1, 0.15) is 11.6 Å². The number of ketones is 1. The van der Waals surface area contributed by atoms with Gasteiger partial charge in [-0.1, -0.05) is 32.0 Å². The summed E-state index contributed by atoms with van der Waals surface area (Å²) in [5.41, 5.74) is 2.80. The molecule has 2 rings (SSSR count). The lowest BCUT2D eigenvalue weighted by molar-refractivity contribution is -0.118. The van der Waals surface area contributed by atoms with Crippen molar-refractivity contribution in [3.63, 3.8) is 0 Å². The number of aryl methyl sites for hydroxylation is 1. The lowest BCUT2D eigenvalue weighted by atomic mass is 9.98. The number of Topliss-reactive ketones (excluding diaryl/α,β-unsaturated/α-hetero) is 1. The van der Waals surface area contributed by atoms with E-state index in [1.54, 1.807) is 0 Å². The molecule has 0 saturated carbocycles. The Kier molecular flexibility index (Phi) is 5.91. The number of hydrogen-bond donors (Lipinski definition) is 1. The van der Waals surface area contributed by atoms with Gasteiger partial charge in [-0.3, -0.25) is 9.59 Å². The molecule has 0 saturated heterocycles. The molecule has 0 unspecified atom stereocenters. The first-order chi connectivity index (χ1) is 11.8. The van der Waals surface area contributed by atoms with Gasteiger partial charge in [0.15, 0.2) is 12.4 Å². The first-order valence-electron chi connectivity index (χ1n) is 8.12. The summed E-state index contributed by atoms with van der Waals surface area (Å²) < 4.78 is 19.1. The maximum Gasteiger partial charge on any atom is 0.262 e. The highest BCUT2D eigenvalue weighted by Gasteiger charge is 2.13. The normalized spacial score (nSPS) is 10.6. The van der Waals surface area contributed by atoms with Gasteiger partial charge in [-0.15, -0.1) is 0 Å². The van der Waals surface area contributed by atoms with E-state index in [9.17, 15) is 14.0 Å². The van der Waals surface area contributed by atoms with E-state index in [-0.39, 0.29) is 35.5 Å². The van der Waals surface area contributed by atoms with Crippen LogP contribution in [0.15, 0.2) is 36.4 Å². The number of carbonyl (C=O) groups is 2. The number of hydrogen-bond acceptors (Lipinski definition) is 3. The van der Waals surface area contributed by atoms with Crippen molar-refractivity contribution in [1.29, 1.82) is 0 Å². The summed E-state index contributed by atoms with van der Waals surface area (Å²) in [7, 11) is 0. The molecule has 0 fully saturated rings. The highest BCUT2D eigenvalue weighted by molar-refractivity contribution is 5.95. The van der Waals surface area contributed by atoms with Crippen molar-refractivity contribution in [2.45, 2.75) is 33.6 Å². The molecule has 1 amide bonds. The summed E-state index contributed by atoms with van der Waals surface area (Å²) in [6.45, 7) is 7.09. The van der Waals surface area contributed by atoms with Crippen molar-refractivity contribution in [1.82, 2.24) is 0 Å². The number of rotatable bonds is 6. The molecule has 0 spiro atoms. The van der Waals surface area contributed by atoms with Crippen LogP contribution in [-0.2, 0) is 4.79 Å². The Balaban J connectivity index is 2.05. The maximum atomic E-state index is 13.8. The fourth-order valence-corrected chi connectivity index (χ4v) is 2.54. The maximum absolute atomic E-state index is 13.8. The molecule has 0 aliphatic carbocycles. The summed E-state index contributed by atoms with van der Waals surface area (Å²) in [6, 6.07) is 9.79. The number of anilines is 1. The molecule has 5 heteroatoms. The van der Waals surface area contributed by atoms with Crippen molar-refractivity contribution >= 4 is 17.4 Å². The van der Waals surface area contributed by atoms with Crippen molar-refractivity contribution in [3.8, 4) is 5.75 Å². The van der Waals surface area contributed by atoms with Gasteiger partial charge in [0, 0.05) is 11.8 Å². The molecule has 0 aliphatic rings. The highest BCUT2D eigenvalue weighted by Crippen LogP contribution is 2.27. The van der Waals surface area contributed by atoms with Gasteiger partial charge in [-0.25, -0.2) is 4.39 Å². The van der Waals surface area contributed by atoms with E-state index < -0.39 is 5.82 Å². The Labute approximate surface area is 147 Å². The van der Waals surface area contributed by atoms with Gasteiger partial charge in [0.25, 0.3) is 5.91 Å². The molecule has 0 radical (unpaired) electrons. The lowest BCUT2D eigenvalue weighted by Gasteiger charge is -2.16. The van der Waals surface area contributed by atoms with E-state index in [0.717, 1.165) is 22.9 Å². The predicted molar refractivity (Wildman–Crippen MR) is 95.8 cm³/mol. The van der Waals surface area contributed by atoms with Gasteiger partial charge in [0.05, 0.1) is 5.56 Å². The van der Waals surface area contributed by atoms with Crippen molar-refractivity contribution in [2.75, 3.05) is 11.9 Å². The quantitative estimate of drug-likeness (QED) is 0.787. The number of para-hydroxylation sites is 1. The topological polar surface area (TPSA) is 55.4 Å². The van der Waals surface area contributed by atoms with Gasteiger partial charge in [-0.05, 0) is 43.0 Å². The first-order valence-corrected chi connectivity index (χ1v) is 8.12. The third-order valence-electron chi connectivity index (χ3n) is 3.88. The number of halogens is 1. The van der Waals surface area contributed by atoms with Crippen LogP contribution in [0.5, 0.6) is 5.75 Å². The summed E-state index contributed by atoms with van der Waals surface area (Å²) in [6.07, 6.45) is 0. The molecular formula is C20H22FNO3. The molecular weight excluding hydrogens is 321 g/mol. The number of carbonyl (C=O) groups excluding carboxylic acids is 2. The number of ether oxygens (including phenoxy) is 1. The smallest absolute Gasteiger partial charge is 0.262 e. The van der Waals surface area contributed by atoms with E-state index >= 15 is 0 Å². The average Bonchev–Trinajstić information content (AvgIpc) is 2.54. The first kappa shape index (κ1) is 18.6. The van der Waals surface area contributed by atoms with Crippen LogP contribution in [0.2, 0.25) is 0 Å². The van der Waals surface area contributed by atoms with Crippen molar-refractivity contribution in [3.05, 3.63) is 58.9 Å². The molecule has 2 aromatic carbocycles. The fourth-order valence-electron chi connectivity index (χ4n) is 2.54. The second-order valence-corrected chi connectivity index (χ2v) is 6.23. The molecule has 0 bridgehead atoms. The van der Waals surface area contributed by atoms with Gasteiger partial charge >= 0.3 is 0 Å². The van der Waals surface area contributed by atoms with Crippen molar-refractivity contribution < 1.29 is 18.7 Å². The summed E-state index contributed by atoms with van der Waals surface area (Å²) in [5, 5.41) is 2.86.